The van der Waals surface area contributed by atoms with Crippen LogP contribution >= 0.6 is 11.6 Å². The SMILES string of the molecule is CN1CCN([C@@H]2CCN(Cc3ccc(Cl)cc3)C[C@@H]2CCC(=O)O)CC1. The van der Waals surface area contributed by atoms with Crippen LogP contribution < -0.4 is 0 Å². The first-order valence-electron chi connectivity index (χ1n) is 9.62. The van der Waals surface area contributed by atoms with Gasteiger partial charge in [0.15, 0.2) is 0 Å². The Bertz CT molecular complexity index is 587. The molecule has 0 amide bonds. The van der Waals surface area contributed by atoms with Gasteiger partial charge in [-0.25, -0.2) is 0 Å². The molecule has 0 aliphatic carbocycles. The molecule has 2 heterocycles. The summed E-state index contributed by atoms with van der Waals surface area (Å²) < 4.78 is 0. The van der Waals surface area contributed by atoms with Gasteiger partial charge in [0.25, 0.3) is 0 Å². The molecule has 1 N–H and O–H groups in total. The number of aliphatic carboxylic acids is 1. The number of carboxylic acids is 1. The number of piperidine rings is 1. The van der Waals surface area contributed by atoms with Crippen LogP contribution in [0, 0.1) is 5.92 Å². The van der Waals surface area contributed by atoms with Crippen LogP contribution in [-0.2, 0) is 11.3 Å². The second-order valence-corrected chi connectivity index (χ2v) is 8.19. The molecule has 2 saturated heterocycles. The number of halogens is 1. The van der Waals surface area contributed by atoms with Gasteiger partial charge in [-0.3, -0.25) is 14.6 Å². The number of piperazine rings is 1. The largest absolute Gasteiger partial charge is 0.481 e. The van der Waals surface area contributed by atoms with Crippen molar-refractivity contribution in [1.82, 2.24) is 14.7 Å². The highest BCUT2D eigenvalue weighted by atomic mass is 35.5. The van der Waals surface area contributed by atoms with E-state index in [1.807, 2.05) is 12.1 Å². The van der Waals surface area contributed by atoms with E-state index >= 15 is 0 Å². The predicted molar refractivity (Wildman–Crippen MR) is 105 cm³/mol. The summed E-state index contributed by atoms with van der Waals surface area (Å²) in [5.74, 6) is -0.257. The van der Waals surface area contributed by atoms with Crippen molar-refractivity contribution in [2.75, 3.05) is 46.3 Å². The Morgan fingerprint density at radius 3 is 2.50 bits per heavy atom. The number of likely N-dealkylation sites (tertiary alicyclic amines) is 1. The lowest BCUT2D eigenvalue weighted by Crippen LogP contribution is -2.56. The predicted octanol–water partition coefficient (Wildman–Crippen LogP) is 2.64. The third-order valence-electron chi connectivity index (χ3n) is 5.83. The smallest absolute Gasteiger partial charge is 0.303 e. The van der Waals surface area contributed by atoms with E-state index in [0.717, 1.165) is 63.7 Å². The van der Waals surface area contributed by atoms with Gasteiger partial charge in [-0.1, -0.05) is 23.7 Å². The maximum atomic E-state index is 11.1. The van der Waals surface area contributed by atoms with E-state index in [2.05, 4.69) is 33.9 Å². The summed E-state index contributed by atoms with van der Waals surface area (Å²) in [7, 11) is 2.17. The monoisotopic (exact) mass is 379 g/mol. The Kier molecular flexibility index (Phi) is 6.92. The van der Waals surface area contributed by atoms with Gasteiger partial charge in [-0.05, 0) is 50.0 Å². The highest BCUT2D eigenvalue weighted by molar-refractivity contribution is 6.30. The first kappa shape index (κ1) is 19.6. The van der Waals surface area contributed by atoms with Gasteiger partial charge in [-0.15, -0.1) is 0 Å². The molecule has 2 aliphatic heterocycles. The van der Waals surface area contributed by atoms with Gasteiger partial charge >= 0.3 is 5.97 Å². The zero-order chi connectivity index (χ0) is 18.5. The molecule has 0 unspecified atom stereocenters. The minimum atomic E-state index is -0.683. The van der Waals surface area contributed by atoms with Crippen LogP contribution in [0.2, 0.25) is 5.02 Å². The Labute approximate surface area is 161 Å². The van der Waals surface area contributed by atoms with E-state index in [0.29, 0.717) is 12.0 Å². The first-order chi connectivity index (χ1) is 12.5. The van der Waals surface area contributed by atoms with E-state index in [-0.39, 0.29) is 6.42 Å². The van der Waals surface area contributed by atoms with Crippen molar-refractivity contribution < 1.29 is 9.90 Å². The van der Waals surface area contributed by atoms with Gasteiger partial charge < -0.3 is 10.0 Å². The average Bonchev–Trinajstić information content (AvgIpc) is 2.63. The van der Waals surface area contributed by atoms with Crippen molar-refractivity contribution in [2.24, 2.45) is 5.92 Å². The lowest BCUT2D eigenvalue weighted by molar-refractivity contribution is -0.137. The lowest BCUT2D eigenvalue weighted by Gasteiger charge is -2.46. The van der Waals surface area contributed by atoms with E-state index < -0.39 is 5.97 Å². The fourth-order valence-corrected chi connectivity index (χ4v) is 4.44. The molecule has 2 fully saturated rings. The molecule has 26 heavy (non-hydrogen) atoms. The van der Waals surface area contributed by atoms with Crippen molar-refractivity contribution in [3.8, 4) is 0 Å². The van der Waals surface area contributed by atoms with Gasteiger partial charge in [0.2, 0.25) is 0 Å². The molecule has 0 bridgehead atoms. The van der Waals surface area contributed by atoms with E-state index in [9.17, 15) is 4.79 Å². The zero-order valence-electron chi connectivity index (χ0n) is 15.6. The van der Waals surface area contributed by atoms with Crippen LogP contribution in [0.4, 0.5) is 0 Å². The van der Waals surface area contributed by atoms with Crippen LogP contribution in [0.3, 0.4) is 0 Å². The van der Waals surface area contributed by atoms with E-state index in [1.165, 1.54) is 5.56 Å². The molecule has 5 nitrogen and oxygen atoms in total. The highest BCUT2D eigenvalue weighted by Crippen LogP contribution is 2.28. The van der Waals surface area contributed by atoms with Crippen molar-refractivity contribution in [3.05, 3.63) is 34.9 Å². The number of carbonyl (C=O) groups is 1. The molecule has 144 valence electrons. The fraction of sp³-hybridized carbons (Fsp3) is 0.650. The minimum Gasteiger partial charge on any atom is -0.481 e. The maximum Gasteiger partial charge on any atom is 0.303 e. The minimum absolute atomic E-state index is 0.268. The van der Waals surface area contributed by atoms with Crippen LogP contribution in [0.1, 0.15) is 24.8 Å². The van der Waals surface area contributed by atoms with Gasteiger partial charge in [0, 0.05) is 56.8 Å². The third-order valence-corrected chi connectivity index (χ3v) is 6.09. The Morgan fingerprint density at radius 1 is 1.15 bits per heavy atom. The molecule has 1 aromatic rings. The highest BCUT2D eigenvalue weighted by Gasteiger charge is 2.34. The van der Waals surface area contributed by atoms with E-state index in [1.54, 1.807) is 0 Å². The Hall–Kier alpha value is -1.14. The van der Waals surface area contributed by atoms with Crippen LogP contribution in [0.15, 0.2) is 24.3 Å². The van der Waals surface area contributed by atoms with Crippen LogP contribution in [0.5, 0.6) is 0 Å². The van der Waals surface area contributed by atoms with Crippen molar-refractivity contribution in [3.63, 3.8) is 0 Å². The number of hydrogen-bond acceptors (Lipinski definition) is 4. The Balaban J connectivity index is 1.62. The van der Waals surface area contributed by atoms with Crippen LogP contribution in [0.25, 0.3) is 0 Å². The molecule has 2 aliphatic rings. The molecule has 0 aromatic heterocycles. The summed E-state index contributed by atoms with van der Waals surface area (Å²) in [6.45, 7) is 7.38. The summed E-state index contributed by atoms with van der Waals surface area (Å²) >= 11 is 5.99. The number of carboxylic acid groups (broad SMARTS) is 1. The third kappa shape index (κ3) is 5.43. The van der Waals surface area contributed by atoms with Gasteiger partial charge in [0.05, 0.1) is 0 Å². The number of likely N-dealkylation sites (N-methyl/N-ethyl adjacent to an activating group) is 1. The molecule has 6 heteroatoms. The fourth-order valence-electron chi connectivity index (χ4n) is 4.31. The summed E-state index contributed by atoms with van der Waals surface area (Å²) in [4.78, 5) is 18.6. The molecule has 1 aromatic carbocycles. The Morgan fingerprint density at radius 2 is 1.85 bits per heavy atom. The summed E-state index contributed by atoms with van der Waals surface area (Å²) in [6, 6.07) is 8.57. The van der Waals surface area contributed by atoms with Gasteiger partial charge in [-0.2, -0.15) is 0 Å². The summed E-state index contributed by atoms with van der Waals surface area (Å²) in [6.07, 6.45) is 2.16. The second kappa shape index (κ2) is 9.18. The first-order valence-corrected chi connectivity index (χ1v) is 10.0. The van der Waals surface area contributed by atoms with Crippen molar-refractivity contribution >= 4 is 17.6 Å². The lowest BCUT2D eigenvalue weighted by atomic mass is 9.86. The van der Waals surface area contributed by atoms with E-state index in [4.69, 9.17) is 16.7 Å². The topological polar surface area (TPSA) is 47.0 Å². The number of hydrogen-bond donors (Lipinski definition) is 1. The molecule has 0 radical (unpaired) electrons. The molecular weight excluding hydrogens is 350 g/mol. The van der Waals surface area contributed by atoms with Crippen LogP contribution in [-0.4, -0.2) is 78.1 Å². The van der Waals surface area contributed by atoms with Gasteiger partial charge in [0.1, 0.15) is 0 Å². The molecule has 0 saturated carbocycles. The average molecular weight is 380 g/mol. The zero-order valence-corrected chi connectivity index (χ0v) is 16.4. The summed E-state index contributed by atoms with van der Waals surface area (Å²) in [5, 5.41) is 9.92. The number of rotatable bonds is 6. The second-order valence-electron chi connectivity index (χ2n) is 7.75. The molecule has 2 atom stereocenters. The van der Waals surface area contributed by atoms with Crippen molar-refractivity contribution in [1.29, 1.82) is 0 Å². The quantitative estimate of drug-likeness (QED) is 0.823. The summed E-state index contributed by atoms with van der Waals surface area (Å²) in [5.41, 5.74) is 1.27. The molecule has 3 rings (SSSR count). The maximum absolute atomic E-state index is 11.1. The number of benzene rings is 1. The molecular formula is C20H30ClN3O2. The van der Waals surface area contributed by atoms with Crippen molar-refractivity contribution in [2.45, 2.75) is 31.8 Å². The standard InChI is InChI=1S/C20H30ClN3O2/c1-22-10-12-24(13-11-22)19-8-9-23(15-17(19)4-7-20(25)26)14-16-2-5-18(21)6-3-16/h2-3,5-6,17,19H,4,7-15H2,1H3,(H,25,26)/t17-,19+/m0/s1. The normalized spacial score (nSPS) is 26.1. The molecule has 0 spiro atoms. The number of nitrogens with zero attached hydrogens (tertiary/aromatic N) is 3.